The van der Waals surface area contributed by atoms with E-state index in [2.05, 4.69) is 0 Å². The average molecular weight is 482 g/mol. The van der Waals surface area contributed by atoms with Gasteiger partial charge in [0.1, 0.15) is 0 Å². The number of sulfonamides is 1. The minimum atomic E-state index is -3.56. The first-order valence-corrected chi connectivity index (χ1v) is 12.8. The van der Waals surface area contributed by atoms with E-state index in [1.54, 1.807) is 24.3 Å². The van der Waals surface area contributed by atoms with E-state index >= 15 is 0 Å². The van der Waals surface area contributed by atoms with Crippen molar-refractivity contribution in [2.45, 2.75) is 11.8 Å². The van der Waals surface area contributed by atoms with Gasteiger partial charge in [-0.15, -0.1) is 0 Å². The molecular formula is C13H12ClHgNO2S. The first-order valence-electron chi connectivity index (χ1n) is 5.79. The third kappa shape index (κ3) is 3.78. The van der Waals surface area contributed by atoms with Crippen molar-refractivity contribution in [3.63, 3.8) is 0 Å². The predicted molar refractivity (Wildman–Crippen MR) is 72.1 cm³/mol. The third-order valence-corrected chi connectivity index (χ3v) is 15.0. The molecule has 0 radical (unpaired) electrons. The van der Waals surface area contributed by atoms with Crippen LogP contribution in [-0.2, 0) is 34.9 Å². The SMILES string of the molecule is Cc1ccc(S(=O)(=O)[N](Cl)[Hg][c]2ccccc2)cc1. The number of rotatable bonds is 4. The van der Waals surface area contributed by atoms with Crippen LogP contribution in [0, 0.1) is 6.92 Å². The van der Waals surface area contributed by atoms with Gasteiger partial charge < -0.3 is 0 Å². The third-order valence-electron chi connectivity index (χ3n) is 2.73. The first kappa shape index (κ1) is 15.0. The number of aryl methyl sites for hydroxylation is 1. The van der Waals surface area contributed by atoms with Crippen molar-refractivity contribution in [1.29, 1.82) is 0 Å². The Balaban J connectivity index is 2.22. The summed E-state index contributed by atoms with van der Waals surface area (Å²) >= 11 is 3.97. The van der Waals surface area contributed by atoms with Gasteiger partial charge in [-0.25, -0.2) is 0 Å². The summed E-state index contributed by atoms with van der Waals surface area (Å²) in [5, 5.41) is 0. The molecule has 19 heavy (non-hydrogen) atoms. The van der Waals surface area contributed by atoms with E-state index in [4.69, 9.17) is 11.8 Å². The fourth-order valence-corrected chi connectivity index (χ4v) is 12.0. The molecule has 0 aliphatic rings. The van der Waals surface area contributed by atoms with Gasteiger partial charge in [0.15, 0.2) is 0 Å². The Morgan fingerprint density at radius 1 is 1.00 bits per heavy atom. The zero-order valence-electron chi connectivity index (χ0n) is 10.5. The fraction of sp³-hybridized carbons (Fsp3) is 0.0769. The van der Waals surface area contributed by atoms with Crippen LogP contribution in [0.15, 0.2) is 59.5 Å². The number of hydrogen-bond donors (Lipinski definition) is 0. The molecule has 0 atom stereocenters. The molecule has 0 fully saturated rings. The summed E-state index contributed by atoms with van der Waals surface area (Å²) in [7, 11) is -3.56. The fourth-order valence-electron chi connectivity index (χ4n) is 1.64. The van der Waals surface area contributed by atoms with Crippen LogP contribution >= 0.6 is 11.8 Å². The van der Waals surface area contributed by atoms with E-state index in [1.165, 1.54) is 0 Å². The summed E-state index contributed by atoms with van der Waals surface area (Å²) in [6.45, 7) is 1.92. The molecule has 0 aliphatic carbocycles. The summed E-state index contributed by atoms with van der Waals surface area (Å²) < 4.78 is 26.7. The van der Waals surface area contributed by atoms with Crippen LogP contribution < -0.4 is 3.07 Å². The van der Waals surface area contributed by atoms with Gasteiger partial charge in [-0.1, -0.05) is 0 Å². The number of benzene rings is 2. The van der Waals surface area contributed by atoms with Crippen molar-refractivity contribution in [3.8, 4) is 0 Å². The van der Waals surface area contributed by atoms with E-state index in [9.17, 15) is 8.42 Å². The zero-order valence-corrected chi connectivity index (χ0v) is 17.5. The summed E-state index contributed by atoms with van der Waals surface area (Å²) in [4.78, 5) is 0.254. The van der Waals surface area contributed by atoms with E-state index in [0.29, 0.717) is 0 Å². The van der Waals surface area contributed by atoms with Crippen molar-refractivity contribution in [2.24, 2.45) is 0 Å². The molecule has 2 aromatic rings. The van der Waals surface area contributed by atoms with Gasteiger partial charge in [-0.3, -0.25) is 0 Å². The van der Waals surface area contributed by atoms with Gasteiger partial charge in [-0.05, 0) is 0 Å². The average Bonchev–Trinajstić information content (AvgIpc) is 2.40. The zero-order chi connectivity index (χ0) is 13.9. The maximum absolute atomic E-state index is 12.3. The van der Waals surface area contributed by atoms with Gasteiger partial charge in [0.05, 0.1) is 0 Å². The van der Waals surface area contributed by atoms with Crippen LogP contribution in [0.25, 0.3) is 0 Å². The van der Waals surface area contributed by atoms with Crippen molar-refractivity contribution < 1.29 is 33.3 Å². The van der Waals surface area contributed by atoms with Crippen LogP contribution in [-0.4, -0.2) is 10.0 Å². The summed E-state index contributed by atoms with van der Waals surface area (Å²) in [5.74, 6) is 0. The van der Waals surface area contributed by atoms with Gasteiger partial charge >= 0.3 is 132 Å². The monoisotopic (exact) mass is 483 g/mol. The number of halogens is 1. The van der Waals surface area contributed by atoms with Crippen molar-refractivity contribution in [1.82, 2.24) is 1.59 Å². The summed E-state index contributed by atoms with van der Waals surface area (Å²) in [6.07, 6.45) is 0. The molecule has 2 rings (SSSR count). The molecule has 0 N–H and O–H groups in total. The normalized spacial score (nSPS) is 11.3. The number of hydrogen-bond acceptors (Lipinski definition) is 2. The van der Waals surface area contributed by atoms with Crippen LogP contribution in [0.3, 0.4) is 0 Å². The van der Waals surface area contributed by atoms with Crippen molar-refractivity contribution >= 4 is 24.9 Å². The molecule has 0 bridgehead atoms. The molecule has 0 heterocycles. The molecule has 0 saturated heterocycles. The Kier molecular flexibility index (Phi) is 5.00. The molecule has 3 nitrogen and oxygen atoms in total. The van der Waals surface area contributed by atoms with Gasteiger partial charge in [0.2, 0.25) is 0 Å². The first-order chi connectivity index (χ1) is 9.00. The molecule has 0 saturated carbocycles. The van der Waals surface area contributed by atoms with Gasteiger partial charge in [0.25, 0.3) is 0 Å². The molecule has 0 amide bonds. The predicted octanol–water partition coefficient (Wildman–Crippen LogP) is 2.46. The summed E-state index contributed by atoms with van der Waals surface area (Å²) in [5.41, 5.74) is 1.02. The molecule has 0 spiro atoms. The Morgan fingerprint density at radius 2 is 1.58 bits per heavy atom. The molecule has 6 heteroatoms. The Hall–Kier alpha value is -0.425. The molecular weight excluding hydrogens is 470 g/mol. The maximum atomic E-state index is 12.3. The Labute approximate surface area is 131 Å². The summed E-state index contributed by atoms with van der Waals surface area (Å²) in [6, 6.07) is 16.3. The van der Waals surface area contributed by atoms with E-state index in [0.717, 1.165) is 10.2 Å². The molecule has 96 valence electrons. The van der Waals surface area contributed by atoms with E-state index < -0.39 is 34.9 Å². The van der Waals surface area contributed by atoms with Crippen molar-refractivity contribution in [2.75, 3.05) is 0 Å². The van der Waals surface area contributed by atoms with Crippen LogP contribution in [0.2, 0.25) is 0 Å². The van der Waals surface area contributed by atoms with Crippen LogP contribution in [0.5, 0.6) is 0 Å². The van der Waals surface area contributed by atoms with Crippen molar-refractivity contribution in [3.05, 3.63) is 60.2 Å². The minimum absolute atomic E-state index is 0.254. The molecule has 0 aromatic heterocycles. The van der Waals surface area contributed by atoms with Gasteiger partial charge in [0, 0.05) is 0 Å². The molecule has 2 aromatic carbocycles. The number of nitrogens with zero attached hydrogens (tertiary/aromatic N) is 1. The topological polar surface area (TPSA) is 37.4 Å². The Morgan fingerprint density at radius 3 is 2.16 bits per heavy atom. The second-order valence-electron chi connectivity index (χ2n) is 4.25. The van der Waals surface area contributed by atoms with E-state index in [1.807, 2.05) is 37.3 Å². The van der Waals surface area contributed by atoms with Gasteiger partial charge in [-0.2, -0.15) is 0 Å². The molecule has 0 unspecified atom stereocenters. The second-order valence-corrected chi connectivity index (χ2v) is 16.9. The quantitative estimate of drug-likeness (QED) is 0.496. The van der Waals surface area contributed by atoms with E-state index in [-0.39, 0.29) is 4.90 Å². The van der Waals surface area contributed by atoms with Crippen LogP contribution in [0.1, 0.15) is 5.56 Å². The Bertz CT molecular complexity index is 644. The molecule has 0 aliphatic heterocycles. The van der Waals surface area contributed by atoms with Crippen LogP contribution in [0.4, 0.5) is 0 Å². The second kappa shape index (κ2) is 6.35. The standard InChI is InChI=1S/C7H7ClNO2S.C6H5.Hg/c1-6-2-4-7(5-3-6)12(10,11)9-8;1-2-4-6-5-3-1;/h2-5H,1H3;1-5H;/q-1;;+1.